The molecular formula is C24H15N3O9. The first-order valence-corrected chi connectivity index (χ1v) is 10.2. The Hall–Kier alpha value is -5.39. The van der Waals surface area contributed by atoms with E-state index in [4.69, 9.17) is 14.2 Å². The van der Waals surface area contributed by atoms with Gasteiger partial charge in [0.2, 0.25) is 5.90 Å². The maximum atomic E-state index is 12.4. The van der Waals surface area contributed by atoms with Crippen molar-refractivity contribution >= 4 is 35.3 Å². The van der Waals surface area contributed by atoms with E-state index in [1.807, 2.05) is 0 Å². The van der Waals surface area contributed by atoms with E-state index in [9.17, 15) is 29.8 Å². The molecule has 0 saturated carbocycles. The first-order chi connectivity index (χ1) is 17.2. The average molecular weight is 489 g/mol. The van der Waals surface area contributed by atoms with Gasteiger partial charge in [-0.05, 0) is 48.0 Å². The Balaban J connectivity index is 1.53. The van der Waals surface area contributed by atoms with Gasteiger partial charge >= 0.3 is 11.9 Å². The smallest absolute Gasteiger partial charge is 0.363 e. The van der Waals surface area contributed by atoms with E-state index < -0.39 is 21.8 Å². The van der Waals surface area contributed by atoms with Crippen LogP contribution < -0.4 is 9.47 Å². The molecule has 0 N–H and O–H groups in total. The average Bonchev–Trinajstić information content (AvgIpc) is 3.24. The number of benzene rings is 3. The Labute approximate surface area is 202 Å². The molecule has 0 fully saturated rings. The van der Waals surface area contributed by atoms with Crippen LogP contribution in [-0.4, -0.2) is 34.8 Å². The van der Waals surface area contributed by atoms with Gasteiger partial charge in [0.05, 0.1) is 22.5 Å². The van der Waals surface area contributed by atoms with E-state index >= 15 is 0 Å². The number of nitro benzene ring substituents is 2. The minimum Gasteiger partial charge on any atom is -0.493 e. The zero-order chi connectivity index (χ0) is 25.8. The number of nitro groups is 2. The molecule has 1 aliphatic heterocycles. The monoisotopic (exact) mass is 489 g/mol. The van der Waals surface area contributed by atoms with Crippen LogP contribution in [0.1, 0.15) is 21.5 Å². The minimum atomic E-state index is -0.744. The topological polar surface area (TPSA) is 160 Å². The van der Waals surface area contributed by atoms with Gasteiger partial charge in [0.25, 0.3) is 11.4 Å². The molecule has 3 aromatic carbocycles. The van der Waals surface area contributed by atoms with Gasteiger partial charge in [0.15, 0.2) is 17.2 Å². The molecule has 0 saturated heterocycles. The van der Waals surface area contributed by atoms with E-state index in [1.54, 1.807) is 6.07 Å². The Morgan fingerprint density at radius 1 is 0.917 bits per heavy atom. The van der Waals surface area contributed by atoms with Crippen molar-refractivity contribution in [2.45, 2.75) is 0 Å². The molecule has 1 heterocycles. The molecule has 3 aromatic rings. The fourth-order valence-electron chi connectivity index (χ4n) is 3.15. The molecule has 1 aliphatic rings. The van der Waals surface area contributed by atoms with Crippen molar-refractivity contribution in [3.63, 3.8) is 0 Å². The molecule has 0 atom stereocenters. The van der Waals surface area contributed by atoms with E-state index in [0.29, 0.717) is 11.1 Å². The lowest BCUT2D eigenvalue weighted by atomic mass is 10.1. The van der Waals surface area contributed by atoms with Crippen LogP contribution in [0, 0.1) is 20.2 Å². The molecule has 0 aromatic heterocycles. The number of carbonyl (C=O) groups is 2. The first-order valence-electron chi connectivity index (χ1n) is 10.2. The predicted molar refractivity (Wildman–Crippen MR) is 125 cm³/mol. The SMILES string of the molecule is COc1cc(/C=C2\N=C(c3ccc([N+](=O)[O-])cc3)OC2=O)ccc1OC(=O)c1ccc([N+](=O)[O-])cc1. The zero-order valence-electron chi connectivity index (χ0n) is 18.4. The van der Waals surface area contributed by atoms with Crippen molar-refractivity contribution in [2.24, 2.45) is 4.99 Å². The summed E-state index contributed by atoms with van der Waals surface area (Å²) in [5.41, 5.74) is 0.704. The van der Waals surface area contributed by atoms with Crippen LogP contribution in [-0.2, 0) is 9.53 Å². The number of non-ortho nitro benzene ring substituents is 2. The van der Waals surface area contributed by atoms with Gasteiger partial charge in [-0.2, -0.15) is 0 Å². The fraction of sp³-hybridized carbons (Fsp3) is 0.0417. The van der Waals surface area contributed by atoms with E-state index in [2.05, 4.69) is 4.99 Å². The summed E-state index contributed by atoms with van der Waals surface area (Å²) < 4.78 is 15.8. The summed E-state index contributed by atoms with van der Waals surface area (Å²) in [5.74, 6) is -1.18. The largest absolute Gasteiger partial charge is 0.493 e. The predicted octanol–water partition coefficient (Wildman–Crippen LogP) is 4.08. The maximum Gasteiger partial charge on any atom is 0.363 e. The molecule has 12 nitrogen and oxygen atoms in total. The molecule has 0 radical (unpaired) electrons. The summed E-state index contributed by atoms with van der Waals surface area (Å²) in [6.07, 6.45) is 1.44. The Bertz CT molecular complexity index is 1440. The lowest BCUT2D eigenvalue weighted by Gasteiger charge is -2.10. The maximum absolute atomic E-state index is 12.4. The van der Waals surface area contributed by atoms with E-state index in [0.717, 1.165) is 0 Å². The quantitative estimate of drug-likeness (QED) is 0.157. The van der Waals surface area contributed by atoms with E-state index in [1.165, 1.54) is 73.8 Å². The van der Waals surface area contributed by atoms with Gasteiger partial charge < -0.3 is 14.2 Å². The number of carbonyl (C=O) groups excluding carboxylic acids is 2. The molecule has 0 unspecified atom stereocenters. The lowest BCUT2D eigenvalue weighted by Crippen LogP contribution is -2.09. The van der Waals surface area contributed by atoms with Crippen molar-refractivity contribution in [1.82, 2.24) is 0 Å². The molecular weight excluding hydrogens is 474 g/mol. The number of hydrogen-bond acceptors (Lipinski definition) is 10. The second-order valence-electron chi connectivity index (χ2n) is 7.24. The fourth-order valence-corrected chi connectivity index (χ4v) is 3.15. The summed E-state index contributed by atoms with van der Waals surface area (Å²) in [6, 6.07) is 14.8. The highest BCUT2D eigenvalue weighted by atomic mass is 16.6. The number of esters is 2. The third kappa shape index (κ3) is 5.07. The summed E-state index contributed by atoms with van der Waals surface area (Å²) in [7, 11) is 1.37. The van der Waals surface area contributed by atoms with Crippen LogP contribution in [0.2, 0.25) is 0 Å². The van der Waals surface area contributed by atoms with Gasteiger partial charge in [-0.25, -0.2) is 14.6 Å². The number of cyclic esters (lactones) is 1. The number of aliphatic imine (C=N–C) groups is 1. The van der Waals surface area contributed by atoms with Crippen molar-refractivity contribution < 1.29 is 33.6 Å². The zero-order valence-corrected chi connectivity index (χ0v) is 18.4. The summed E-state index contributed by atoms with van der Waals surface area (Å²) in [6.45, 7) is 0. The Morgan fingerprint density at radius 3 is 2.11 bits per heavy atom. The standard InChI is InChI=1S/C24H15N3O9/c1-34-21-13-14(2-11-20(21)35-23(28)16-5-9-18(10-6-16)27(32)33)12-19-24(29)36-22(25-19)15-3-7-17(8-4-15)26(30)31/h2-13H,1H3/b19-12-. The van der Waals surface area contributed by atoms with Crippen molar-refractivity contribution in [3.8, 4) is 11.5 Å². The highest BCUT2D eigenvalue weighted by Gasteiger charge is 2.25. The van der Waals surface area contributed by atoms with Crippen LogP contribution in [0.5, 0.6) is 11.5 Å². The van der Waals surface area contributed by atoms with Gasteiger partial charge in [0, 0.05) is 29.8 Å². The van der Waals surface area contributed by atoms with Crippen molar-refractivity contribution in [3.05, 3.63) is 109 Å². The summed E-state index contributed by atoms with van der Waals surface area (Å²) >= 11 is 0. The molecule has 4 rings (SSSR count). The van der Waals surface area contributed by atoms with Crippen molar-refractivity contribution in [1.29, 1.82) is 0 Å². The number of ether oxygens (including phenoxy) is 3. The minimum absolute atomic E-state index is 0.00163. The number of hydrogen-bond donors (Lipinski definition) is 0. The molecule has 12 heteroatoms. The molecule has 36 heavy (non-hydrogen) atoms. The Kier molecular flexibility index (Phi) is 6.50. The first kappa shape index (κ1) is 23.8. The number of rotatable bonds is 7. The van der Waals surface area contributed by atoms with Crippen LogP contribution in [0.25, 0.3) is 6.08 Å². The van der Waals surface area contributed by atoms with Crippen LogP contribution in [0.15, 0.2) is 77.4 Å². The van der Waals surface area contributed by atoms with Crippen LogP contribution in [0.3, 0.4) is 0 Å². The second-order valence-corrected chi connectivity index (χ2v) is 7.24. The highest BCUT2D eigenvalue weighted by molar-refractivity contribution is 6.12. The van der Waals surface area contributed by atoms with Crippen molar-refractivity contribution in [2.75, 3.05) is 7.11 Å². The normalized spacial score (nSPS) is 13.6. The Morgan fingerprint density at radius 2 is 1.53 bits per heavy atom. The van der Waals surface area contributed by atoms with E-state index in [-0.39, 0.29) is 40.0 Å². The van der Waals surface area contributed by atoms with Gasteiger partial charge in [-0.1, -0.05) is 6.07 Å². The molecule has 0 spiro atoms. The number of methoxy groups -OCH3 is 1. The van der Waals surface area contributed by atoms with Gasteiger partial charge in [-0.3, -0.25) is 20.2 Å². The third-order valence-corrected chi connectivity index (χ3v) is 4.95. The van der Waals surface area contributed by atoms with Gasteiger partial charge in [0.1, 0.15) is 0 Å². The molecule has 180 valence electrons. The van der Waals surface area contributed by atoms with Crippen LogP contribution in [0.4, 0.5) is 11.4 Å². The second kappa shape index (κ2) is 9.85. The summed E-state index contributed by atoms with van der Waals surface area (Å²) in [4.78, 5) is 49.3. The van der Waals surface area contributed by atoms with Gasteiger partial charge in [-0.15, -0.1) is 0 Å². The lowest BCUT2D eigenvalue weighted by molar-refractivity contribution is -0.385. The molecule has 0 aliphatic carbocycles. The summed E-state index contributed by atoms with van der Waals surface area (Å²) in [5, 5.41) is 21.6. The number of nitrogens with zero attached hydrogens (tertiary/aromatic N) is 3. The third-order valence-electron chi connectivity index (χ3n) is 4.95. The molecule has 0 amide bonds. The highest BCUT2D eigenvalue weighted by Crippen LogP contribution is 2.31. The molecule has 0 bridgehead atoms. The van der Waals surface area contributed by atoms with Crippen LogP contribution >= 0.6 is 0 Å².